The Labute approximate surface area is 163 Å². The van der Waals surface area contributed by atoms with Crippen molar-refractivity contribution in [3.8, 4) is 11.1 Å². The van der Waals surface area contributed by atoms with Crippen molar-refractivity contribution in [1.82, 2.24) is 9.72 Å². The lowest BCUT2D eigenvalue weighted by molar-refractivity contribution is -0.117. The molecule has 1 aromatic carbocycles. The molecule has 1 aliphatic carbocycles. The Morgan fingerprint density at radius 3 is 2.48 bits per heavy atom. The van der Waals surface area contributed by atoms with Crippen LogP contribution in [0.4, 0.5) is 0 Å². The van der Waals surface area contributed by atoms with Gasteiger partial charge in [0.25, 0.3) is 11.7 Å². The molecule has 1 amide bonds. The molecule has 2 heterocycles. The molecule has 0 unspecified atom stereocenters. The predicted octanol–water partition coefficient (Wildman–Crippen LogP) is 4.89. The van der Waals surface area contributed by atoms with Crippen LogP contribution >= 0.6 is 11.6 Å². The molecule has 0 radical (unpaired) electrons. The number of Topliss-reactive ketones (excluding diaryl/α,β-unsaturated/α-hetero) is 1. The second kappa shape index (κ2) is 7.57. The molecule has 1 N–H and O–H groups in total. The summed E-state index contributed by atoms with van der Waals surface area (Å²) >= 11 is 6.00. The Kier molecular flexibility index (Phi) is 4.99. The average molecular weight is 381 g/mol. The van der Waals surface area contributed by atoms with E-state index < -0.39 is 11.7 Å². The maximum Gasteiger partial charge on any atom is 0.294 e. The number of rotatable bonds is 4. The van der Waals surface area contributed by atoms with E-state index in [1.807, 2.05) is 42.6 Å². The number of aromatic nitrogens is 1. The van der Waals surface area contributed by atoms with Gasteiger partial charge in [-0.25, -0.2) is 0 Å². The Balaban J connectivity index is 1.72. The molecule has 4 nitrogen and oxygen atoms in total. The van der Waals surface area contributed by atoms with E-state index in [1.165, 1.54) is 6.42 Å². The van der Waals surface area contributed by atoms with Crippen LogP contribution in [0.1, 0.15) is 42.6 Å². The van der Waals surface area contributed by atoms with Crippen LogP contribution in [0.15, 0.2) is 54.7 Å². The fourth-order valence-electron chi connectivity index (χ4n) is 3.81. The molecule has 4 rings (SSSR count). The minimum Gasteiger partial charge on any atom is -0.346 e. The summed E-state index contributed by atoms with van der Waals surface area (Å²) in [4.78, 5) is 25.8. The maximum absolute atomic E-state index is 13.1. The smallest absolute Gasteiger partial charge is 0.294 e. The van der Waals surface area contributed by atoms with Gasteiger partial charge in [0, 0.05) is 28.3 Å². The Hall–Kier alpha value is -2.59. The Morgan fingerprint density at radius 2 is 1.74 bits per heavy atom. The molecule has 1 fully saturated rings. The lowest BCUT2D eigenvalue weighted by Crippen LogP contribution is -2.40. The zero-order valence-corrected chi connectivity index (χ0v) is 15.7. The Morgan fingerprint density at radius 1 is 1.00 bits per heavy atom. The molecule has 0 aliphatic heterocycles. The number of halogens is 1. The van der Waals surface area contributed by atoms with Crippen LogP contribution in [0.2, 0.25) is 5.02 Å². The molecular formula is C22H21ClN2O2. The van der Waals surface area contributed by atoms with Gasteiger partial charge >= 0.3 is 0 Å². The van der Waals surface area contributed by atoms with E-state index in [9.17, 15) is 9.59 Å². The normalized spacial score (nSPS) is 15.0. The van der Waals surface area contributed by atoms with E-state index in [4.69, 9.17) is 11.6 Å². The number of fused-ring (bicyclic) bond motifs is 1. The van der Waals surface area contributed by atoms with E-state index >= 15 is 0 Å². The summed E-state index contributed by atoms with van der Waals surface area (Å²) in [6, 6.07) is 15.0. The van der Waals surface area contributed by atoms with Gasteiger partial charge in [0.05, 0.1) is 0 Å². The van der Waals surface area contributed by atoms with Crippen LogP contribution in [0.5, 0.6) is 0 Å². The summed E-state index contributed by atoms with van der Waals surface area (Å²) in [5.74, 6) is -1.03. The van der Waals surface area contributed by atoms with Gasteiger partial charge in [0.15, 0.2) is 0 Å². The molecule has 0 bridgehead atoms. The van der Waals surface area contributed by atoms with E-state index in [0.717, 1.165) is 42.3 Å². The number of hydrogen-bond donors (Lipinski definition) is 1. The second-order valence-electron chi connectivity index (χ2n) is 7.05. The lowest BCUT2D eigenvalue weighted by atomic mass is 9.95. The molecule has 2 aromatic heterocycles. The first-order chi connectivity index (χ1) is 13.1. The SMILES string of the molecule is O=C(NC1CCCCC1)C(=O)c1c(-c2ccc(Cl)cc2)cc2ccccn12. The fourth-order valence-corrected chi connectivity index (χ4v) is 3.94. The number of hydrogen-bond acceptors (Lipinski definition) is 2. The third kappa shape index (κ3) is 3.62. The van der Waals surface area contributed by atoms with E-state index in [0.29, 0.717) is 10.7 Å². The highest BCUT2D eigenvalue weighted by molar-refractivity contribution is 6.43. The minimum absolute atomic E-state index is 0.0976. The van der Waals surface area contributed by atoms with Crippen molar-refractivity contribution in [3.63, 3.8) is 0 Å². The van der Waals surface area contributed by atoms with Gasteiger partial charge in [-0.1, -0.05) is 49.1 Å². The van der Waals surface area contributed by atoms with Crippen LogP contribution in [-0.4, -0.2) is 22.1 Å². The number of pyridine rings is 1. The van der Waals surface area contributed by atoms with Crippen LogP contribution < -0.4 is 5.32 Å². The second-order valence-corrected chi connectivity index (χ2v) is 7.48. The number of amides is 1. The first-order valence-electron chi connectivity index (χ1n) is 9.35. The number of carbonyl (C=O) groups excluding carboxylic acids is 2. The van der Waals surface area contributed by atoms with E-state index in [-0.39, 0.29) is 6.04 Å². The molecule has 138 valence electrons. The highest BCUT2D eigenvalue weighted by Gasteiger charge is 2.26. The van der Waals surface area contributed by atoms with Gasteiger partial charge in [0.1, 0.15) is 5.69 Å². The Bertz CT molecular complexity index is 985. The highest BCUT2D eigenvalue weighted by atomic mass is 35.5. The third-order valence-corrected chi connectivity index (χ3v) is 5.45. The van der Waals surface area contributed by atoms with Gasteiger partial charge in [0.2, 0.25) is 0 Å². The van der Waals surface area contributed by atoms with Crippen LogP contribution in [0, 0.1) is 0 Å². The topological polar surface area (TPSA) is 50.6 Å². The quantitative estimate of drug-likeness (QED) is 0.517. The lowest BCUT2D eigenvalue weighted by Gasteiger charge is -2.22. The van der Waals surface area contributed by atoms with Crippen molar-refractivity contribution < 1.29 is 9.59 Å². The monoisotopic (exact) mass is 380 g/mol. The summed E-state index contributed by atoms with van der Waals surface area (Å²) in [6.45, 7) is 0. The van der Waals surface area contributed by atoms with Crippen LogP contribution in [-0.2, 0) is 4.79 Å². The molecule has 0 atom stereocenters. The predicted molar refractivity (Wildman–Crippen MR) is 107 cm³/mol. The van der Waals surface area contributed by atoms with E-state index in [1.54, 1.807) is 16.5 Å². The van der Waals surface area contributed by atoms with Gasteiger partial charge in [-0.3, -0.25) is 9.59 Å². The summed E-state index contributed by atoms with van der Waals surface area (Å²) in [6.07, 6.45) is 7.10. The van der Waals surface area contributed by atoms with Gasteiger partial charge < -0.3 is 9.72 Å². The molecule has 1 saturated carbocycles. The molecule has 1 aliphatic rings. The minimum atomic E-state index is -0.527. The van der Waals surface area contributed by atoms with Crippen molar-refractivity contribution in [1.29, 1.82) is 0 Å². The van der Waals surface area contributed by atoms with Crippen molar-refractivity contribution in [3.05, 3.63) is 65.4 Å². The summed E-state index contributed by atoms with van der Waals surface area (Å²) < 4.78 is 1.78. The number of nitrogens with zero attached hydrogens (tertiary/aromatic N) is 1. The van der Waals surface area contributed by atoms with Crippen molar-refractivity contribution in [2.75, 3.05) is 0 Å². The van der Waals surface area contributed by atoms with E-state index in [2.05, 4.69) is 5.32 Å². The van der Waals surface area contributed by atoms with Crippen LogP contribution in [0.25, 0.3) is 16.6 Å². The fraction of sp³-hybridized carbons (Fsp3) is 0.273. The first-order valence-corrected chi connectivity index (χ1v) is 9.72. The molecule has 5 heteroatoms. The van der Waals surface area contributed by atoms with Crippen molar-refractivity contribution in [2.45, 2.75) is 38.1 Å². The van der Waals surface area contributed by atoms with Gasteiger partial charge in [-0.05, 0) is 48.7 Å². The molecule has 0 saturated heterocycles. The summed E-state index contributed by atoms with van der Waals surface area (Å²) in [5.41, 5.74) is 2.86. The zero-order valence-electron chi connectivity index (χ0n) is 15.0. The van der Waals surface area contributed by atoms with Gasteiger partial charge in [-0.15, -0.1) is 0 Å². The average Bonchev–Trinajstić information content (AvgIpc) is 3.08. The largest absolute Gasteiger partial charge is 0.346 e. The number of benzene rings is 1. The summed E-state index contributed by atoms with van der Waals surface area (Å²) in [7, 11) is 0. The third-order valence-electron chi connectivity index (χ3n) is 5.20. The van der Waals surface area contributed by atoms with Gasteiger partial charge in [-0.2, -0.15) is 0 Å². The van der Waals surface area contributed by atoms with Crippen molar-refractivity contribution >= 4 is 28.8 Å². The number of carbonyl (C=O) groups is 2. The molecular weight excluding hydrogens is 360 g/mol. The first kappa shape index (κ1) is 17.8. The zero-order chi connectivity index (χ0) is 18.8. The maximum atomic E-state index is 13.1. The molecule has 0 spiro atoms. The number of ketones is 1. The highest BCUT2D eigenvalue weighted by Crippen LogP contribution is 2.29. The number of nitrogens with one attached hydrogen (secondary N) is 1. The molecule has 27 heavy (non-hydrogen) atoms. The molecule has 3 aromatic rings. The van der Waals surface area contributed by atoms with Crippen molar-refractivity contribution in [2.24, 2.45) is 0 Å². The van der Waals surface area contributed by atoms with Crippen LogP contribution in [0.3, 0.4) is 0 Å². The summed E-state index contributed by atoms with van der Waals surface area (Å²) in [5, 5.41) is 3.57. The standard InChI is InChI=1S/C22H21ClN2O2/c23-16-11-9-15(10-12-16)19-14-18-8-4-5-13-25(18)20(19)21(26)22(27)24-17-6-2-1-3-7-17/h4-5,8-14,17H,1-3,6-7H2,(H,24,27).